The zero-order chi connectivity index (χ0) is 18.2. The molecule has 12 nitrogen and oxygen atoms in total. The van der Waals surface area contributed by atoms with E-state index >= 15 is 0 Å². The van der Waals surface area contributed by atoms with Gasteiger partial charge in [-0.2, -0.15) is 0 Å². The first-order chi connectivity index (χ1) is 11.8. The molecule has 0 spiro atoms. The van der Waals surface area contributed by atoms with Crippen LogP contribution < -0.4 is 40.4 Å². The van der Waals surface area contributed by atoms with E-state index in [9.17, 15) is 29.6 Å². The maximum Gasteiger partial charge on any atom is 1.00 e. The molecule has 1 aliphatic heterocycles. The van der Waals surface area contributed by atoms with Crippen LogP contribution in [-0.4, -0.2) is 58.9 Å². The molecule has 0 bridgehead atoms. The van der Waals surface area contributed by atoms with Crippen molar-refractivity contribution in [3.63, 3.8) is 0 Å². The van der Waals surface area contributed by atoms with Gasteiger partial charge in [-0.05, 0) is 11.9 Å². The van der Waals surface area contributed by atoms with Gasteiger partial charge in [-0.3, -0.25) is 9.09 Å². The second kappa shape index (κ2) is 8.30. The van der Waals surface area contributed by atoms with Gasteiger partial charge in [0, 0.05) is 18.6 Å². The smallest absolute Gasteiger partial charge is 0.858 e. The second-order valence-corrected chi connectivity index (χ2v) is 6.93. The van der Waals surface area contributed by atoms with Crippen LogP contribution in [0, 0.1) is 0 Å². The molecule has 3 rings (SSSR count). The molecule has 0 aliphatic carbocycles. The zero-order valence-electron chi connectivity index (χ0n) is 13.5. The van der Waals surface area contributed by atoms with Gasteiger partial charge in [0.15, 0.2) is 6.23 Å². The van der Waals surface area contributed by atoms with Crippen molar-refractivity contribution in [3.8, 4) is 5.88 Å². The van der Waals surface area contributed by atoms with Crippen molar-refractivity contribution in [1.82, 2.24) is 18.9 Å². The number of hydrogen-bond acceptors (Lipinski definition) is 9. The second-order valence-electron chi connectivity index (χ2n) is 5.23. The summed E-state index contributed by atoms with van der Waals surface area (Å²) in [5.41, 5.74) is -0.962. The fraction of sp³-hybridized carbons (Fsp3) is 0.417. The first-order valence-corrected chi connectivity index (χ1v) is 8.56. The zero-order valence-corrected chi connectivity index (χ0v) is 16.4. The molecule has 1 saturated heterocycles. The average molecular weight is 396 g/mol. The molecule has 0 amide bonds. The Morgan fingerprint density at radius 2 is 2.08 bits per heavy atom. The van der Waals surface area contributed by atoms with Gasteiger partial charge < -0.3 is 24.9 Å². The summed E-state index contributed by atoms with van der Waals surface area (Å²) in [4.78, 5) is 28.3. The Morgan fingerprint density at radius 3 is 2.69 bits per heavy atom. The normalized spacial score (nSPS) is 27.7. The van der Waals surface area contributed by atoms with E-state index < -0.39 is 50.5 Å². The summed E-state index contributed by atoms with van der Waals surface area (Å²) in [6.07, 6.45) is -0.877. The number of ether oxygens (including phenoxy) is 1. The molecule has 0 radical (unpaired) electrons. The van der Waals surface area contributed by atoms with Crippen LogP contribution in [0.1, 0.15) is 6.23 Å². The van der Waals surface area contributed by atoms with E-state index in [4.69, 9.17) is 9.26 Å². The predicted octanol–water partition coefficient (Wildman–Crippen LogP) is -5.20. The molecule has 3 N–H and O–H groups in total. The van der Waals surface area contributed by atoms with Gasteiger partial charge in [-0.25, -0.2) is 23.7 Å². The molecule has 1 fully saturated rings. The molecule has 14 heteroatoms. The van der Waals surface area contributed by atoms with Gasteiger partial charge in [0.1, 0.15) is 24.6 Å². The molecule has 5 atom stereocenters. The third kappa shape index (κ3) is 4.25. The van der Waals surface area contributed by atoms with Gasteiger partial charge >= 0.3 is 43.0 Å². The van der Waals surface area contributed by atoms with E-state index in [-0.39, 0.29) is 29.6 Å². The number of aromatic nitrogens is 4. The Balaban J connectivity index is 0.00000243. The topological polar surface area (TPSA) is 172 Å². The van der Waals surface area contributed by atoms with Crippen LogP contribution in [0.5, 0.6) is 5.88 Å². The number of aliphatic hydroxyl groups excluding tert-OH is 2. The summed E-state index contributed by atoms with van der Waals surface area (Å²) in [6.45, 7) is -0.539. The standard InChI is InChI=1S/C12H15N4O8P.Na/c17-8-1-3-16(12(20)14-8)11-10(19)9(18)7(24-11)5-23-25(21,22)15-4-2-13-6-15;/h1-4,6-7,9-11,18-19H,5H2,(H,21,22)(H,14,17,20);/q;+1/p-1/t7-,9-,10-,11-;/m1./s1. The minimum Gasteiger partial charge on any atom is -0.858 e. The number of rotatable bonds is 5. The molecule has 1 aliphatic rings. The average Bonchev–Trinajstić information content (AvgIpc) is 3.18. The molecule has 26 heavy (non-hydrogen) atoms. The van der Waals surface area contributed by atoms with E-state index in [0.717, 1.165) is 27.5 Å². The van der Waals surface area contributed by atoms with E-state index in [1.165, 1.54) is 12.4 Å². The molecule has 1 unspecified atom stereocenters. The van der Waals surface area contributed by atoms with Crippen molar-refractivity contribution in [3.05, 3.63) is 41.5 Å². The molecule has 0 saturated carbocycles. The third-order valence-electron chi connectivity index (χ3n) is 3.61. The van der Waals surface area contributed by atoms with Crippen LogP contribution in [-0.2, 0) is 13.8 Å². The van der Waals surface area contributed by atoms with Gasteiger partial charge in [-0.1, -0.05) is 0 Å². The Bertz CT molecular complexity index is 846. The minimum absolute atomic E-state index is 0. The molecule has 3 heterocycles. The first-order valence-electron chi connectivity index (χ1n) is 7.03. The molecule has 2 aromatic heterocycles. The van der Waals surface area contributed by atoms with Crippen molar-refractivity contribution in [2.75, 3.05) is 6.61 Å². The van der Waals surface area contributed by atoms with E-state index in [1.54, 1.807) is 0 Å². The third-order valence-corrected chi connectivity index (χ3v) is 4.91. The van der Waals surface area contributed by atoms with Crippen molar-refractivity contribution >= 4 is 7.75 Å². The van der Waals surface area contributed by atoms with Crippen molar-refractivity contribution in [2.24, 2.45) is 0 Å². The maximum atomic E-state index is 12.0. The van der Waals surface area contributed by atoms with Crippen LogP contribution in [0.2, 0.25) is 0 Å². The molecular formula is C12H14N4NaO8P. The number of nitrogens with zero attached hydrogens (tertiary/aromatic N) is 4. The summed E-state index contributed by atoms with van der Waals surface area (Å²) in [5.74, 6) is -0.754. The summed E-state index contributed by atoms with van der Waals surface area (Å²) < 4.78 is 23.9. The summed E-state index contributed by atoms with van der Waals surface area (Å²) in [7, 11) is -4.24. The van der Waals surface area contributed by atoms with Crippen LogP contribution in [0.4, 0.5) is 0 Å². The fourth-order valence-corrected chi connectivity index (χ4v) is 3.22. The molecular weight excluding hydrogens is 382 g/mol. The van der Waals surface area contributed by atoms with Gasteiger partial charge in [0.2, 0.25) is 0 Å². The van der Waals surface area contributed by atoms with E-state index in [0.29, 0.717) is 0 Å². The number of imidazole rings is 1. The Hall–Kier alpha value is -1.08. The number of hydrogen-bond donors (Lipinski definition) is 3. The van der Waals surface area contributed by atoms with Crippen LogP contribution in [0.3, 0.4) is 0 Å². The van der Waals surface area contributed by atoms with E-state index in [1.807, 2.05) is 0 Å². The monoisotopic (exact) mass is 396 g/mol. The SMILES string of the molecule is O=c1nc([O-])ccn1[C@@H]1O[C@H](COP(=O)(O)n2ccnc2)[C@@H](O)[C@H]1O.[Na+]. The minimum atomic E-state index is -4.24. The van der Waals surface area contributed by atoms with Crippen molar-refractivity contribution < 1.29 is 63.6 Å². The summed E-state index contributed by atoms with van der Waals surface area (Å²) in [6, 6.07) is 0.995. The van der Waals surface area contributed by atoms with Gasteiger partial charge in [0.25, 0.3) is 0 Å². The quantitative estimate of drug-likeness (QED) is 0.328. The van der Waals surface area contributed by atoms with Gasteiger partial charge in [0.05, 0.1) is 6.61 Å². The molecule has 2 aromatic rings. The van der Waals surface area contributed by atoms with Crippen LogP contribution >= 0.6 is 7.75 Å². The summed E-state index contributed by atoms with van der Waals surface area (Å²) in [5, 5.41) is 31.1. The van der Waals surface area contributed by atoms with Crippen molar-refractivity contribution in [2.45, 2.75) is 24.5 Å². The fourth-order valence-electron chi connectivity index (χ4n) is 2.33. The van der Waals surface area contributed by atoms with Gasteiger partial charge in [-0.15, -0.1) is 0 Å². The van der Waals surface area contributed by atoms with Crippen molar-refractivity contribution in [1.29, 1.82) is 0 Å². The molecule has 136 valence electrons. The first kappa shape index (κ1) is 21.2. The Labute approximate surface area is 168 Å². The van der Waals surface area contributed by atoms with Crippen LogP contribution in [0.15, 0.2) is 35.8 Å². The number of aliphatic hydroxyl groups is 2. The predicted molar refractivity (Wildman–Crippen MR) is 77.3 cm³/mol. The largest absolute Gasteiger partial charge is 1.00 e. The Morgan fingerprint density at radius 1 is 1.35 bits per heavy atom. The van der Waals surface area contributed by atoms with Crippen LogP contribution in [0.25, 0.3) is 0 Å². The van der Waals surface area contributed by atoms with E-state index in [2.05, 4.69) is 9.97 Å². The summed E-state index contributed by atoms with van der Waals surface area (Å²) >= 11 is 0. The Kier molecular flexibility index (Phi) is 6.77. The maximum absolute atomic E-state index is 12.0. The molecule has 0 aromatic carbocycles.